The molecule has 0 aromatic heterocycles. The van der Waals surface area contributed by atoms with Crippen molar-refractivity contribution in [2.75, 3.05) is 0 Å². The molecule has 0 atom stereocenters. The Morgan fingerprint density at radius 3 is 1.00 bits per heavy atom. The second-order valence-electron chi connectivity index (χ2n) is 0. The van der Waals surface area contributed by atoms with Gasteiger partial charge in [-0.25, -0.2) is 0 Å². The van der Waals surface area contributed by atoms with Gasteiger partial charge < -0.3 is 0 Å². The van der Waals surface area contributed by atoms with Crippen LogP contribution in [-0.2, 0) is 50.3 Å². The van der Waals surface area contributed by atoms with Crippen LogP contribution in [-0.4, -0.2) is 8.41 Å². The van der Waals surface area contributed by atoms with Crippen molar-refractivity contribution in [1.29, 1.82) is 0 Å². The Balaban J connectivity index is 0. The van der Waals surface area contributed by atoms with Gasteiger partial charge in [-0.2, -0.15) is 0 Å². The maximum Gasteiger partial charge on any atom is 0.0814 e. The molecule has 0 nitrogen and oxygen atoms in total. The van der Waals surface area contributed by atoms with Crippen LogP contribution in [0.5, 0.6) is 0 Å². The minimum Gasteiger partial charge on any atom is 0 e. The average molecular weight is 186 g/mol. The summed E-state index contributed by atoms with van der Waals surface area (Å²) < 4.78 is 0. The molecule has 0 rings (SSSR count). The summed E-state index contributed by atoms with van der Waals surface area (Å²) in [6.45, 7) is 0. The van der Waals surface area contributed by atoms with E-state index < -0.39 is 0 Å². The van der Waals surface area contributed by atoms with Crippen LogP contribution in [0.15, 0.2) is 0 Å². The van der Waals surface area contributed by atoms with Crippen molar-refractivity contribution in [1.82, 2.24) is 0 Å². The normalized spacial score (nSPS) is 0. The molecule has 0 amide bonds. The SMILES string of the molecule is B.[Co].[Mn].[Ni]. The number of hydrogen-bond donors (Lipinski definition) is 0. The Morgan fingerprint density at radius 1 is 1.00 bits per heavy atom. The third-order valence-corrected chi connectivity index (χ3v) is 0. The molecule has 4 heavy (non-hydrogen) atoms. The van der Waals surface area contributed by atoms with E-state index in [9.17, 15) is 0 Å². The van der Waals surface area contributed by atoms with E-state index in [0.717, 1.165) is 0 Å². The molecule has 0 saturated heterocycles. The Kier molecular flexibility index (Phi) is 274. The van der Waals surface area contributed by atoms with Gasteiger partial charge in [-0.05, 0) is 0 Å². The maximum atomic E-state index is 0. The fraction of sp³-hybridized carbons (Fsp3) is 0. The van der Waals surface area contributed by atoms with Crippen molar-refractivity contribution < 1.29 is 50.3 Å². The van der Waals surface area contributed by atoms with Gasteiger partial charge in [-0.1, -0.05) is 0 Å². The Bertz CT molecular complexity index is 8.00. The molecular formula is H3BCoMnNi. The fourth-order valence-electron chi connectivity index (χ4n) is 0. The Hall–Kier alpha value is 1.58. The van der Waals surface area contributed by atoms with Crippen LogP contribution < -0.4 is 0 Å². The van der Waals surface area contributed by atoms with Crippen LogP contribution in [0, 0.1) is 0 Å². The third kappa shape index (κ3) is 9.54. The van der Waals surface area contributed by atoms with E-state index >= 15 is 0 Å². The van der Waals surface area contributed by atoms with Gasteiger partial charge in [-0.3, -0.25) is 0 Å². The molecule has 0 aliphatic carbocycles. The van der Waals surface area contributed by atoms with Gasteiger partial charge in [0.2, 0.25) is 0 Å². The molecule has 0 aromatic rings. The van der Waals surface area contributed by atoms with Crippen molar-refractivity contribution in [3.63, 3.8) is 0 Å². The molecule has 0 saturated carbocycles. The molecule has 0 aliphatic rings. The fourth-order valence-corrected chi connectivity index (χ4v) is 0. The largest absolute Gasteiger partial charge is 0.0814 e. The molecule has 0 bridgehead atoms. The minimum atomic E-state index is 0. The van der Waals surface area contributed by atoms with Crippen LogP contribution in [0.25, 0.3) is 0 Å². The summed E-state index contributed by atoms with van der Waals surface area (Å²) >= 11 is 0. The minimum absolute atomic E-state index is 0. The van der Waals surface area contributed by atoms with Gasteiger partial charge in [0, 0.05) is 50.3 Å². The van der Waals surface area contributed by atoms with E-state index in [-0.39, 0.29) is 58.8 Å². The zero-order valence-corrected chi connectivity index (χ0v) is 4.24. The van der Waals surface area contributed by atoms with Crippen molar-refractivity contribution in [2.24, 2.45) is 0 Å². The molecule has 4 heteroatoms. The molecule has 0 N–H and O–H groups in total. The molecule has 0 spiro atoms. The average Bonchev–Trinajstić information content (AvgIpc) is 0. The summed E-state index contributed by atoms with van der Waals surface area (Å²) in [6, 6.07) is 0. The van der Waals surface area contributed by atoms with E-state index in [1.807, 2.05) is 0 Å². The standard InChI is InChI=1S/BH3.Co.Mn.Ni/h1H3;;;. The smallest absolute Gasteiger partial charge is 0 e. The molecule has 0 unspecified atom stereocenters. The summed E-state index contributed by atoms with van der Waals surface area (Å²) in [5.74, 6) is 0. The monoisotopic (exact) mass is 186 g/mol. The topological polar surface area (TPSA) is 0 Å². The maximum absolute atomic E-state index is 0. The summed E-state index contributed by atoms with van der Waals surface area (Å²) in [5, 5.41) is 0. The van der Waals surface area contributed by atoms with Gasteiger partial charge in [-0.15, -0.1) is 0 Å². The van der Waals surface area contributed by atoms with Crippen molar-refractivity contribution >= 4 is 8.41 Å². The molecule has 2 radical (unpaired) electrons. The molecule has 0 aliphatic heterocycles. The van der Waals surface area contributed by atoms with Gasteiger partial charge in [0.15, 0.2) is 0 Å². The van der Waals surface area contributed by atoms with E-state index in [1.54, 1.807) is 0 Å². The van der Waals surface area contributed by atoms with Gasteiger partial charge >= 0.3 is 0 Å². The Labute approximate surface area is 58.7 Å². The molecular weight excluding hydrogens is 183 g/mol. The van der Waals surface area contributed by atoms with Gasteiger partial charge in [0.05, 0.1) is 8.41 Å². The predicted molar refractivity (Wildman–Crippen MR) is 9.94 cm³/mol. The molecule has 32 valence electrons. The second kappa shape index (κ2) is 23.5. The van der Waals surface area contributed by atoms with E-state index in [2.05, 4.69) is 0 Å². The summed E-state index contributed by atoms with van der Waals surface area (Å²) in [4.78, 5) is 0. The van der Waals surface area contributed by atoms with Crippen molar-refractivity contribution in [3.05, 3.63) is 0 Å². The zero-order chi connectivity index (χ0) is 0. The van der Waals surface area contributed by atoms with Crippen LogP contribution in [0.1, 0.15) is 0 Å². The molecule has 0 fully saturated rings. The first-order valence-corrected chi connectivity index (χ1v) is 0. The number of hydrogen-bond acceptors (Lipinski definition) is 0. The van der Waals surface area contributed by atoms with Crippen LogP contribution >= 0.6 is 0 Å². The van der Waals surface area contributed by atoms with Gasteiger partial charge in [0.25, 0.3) is 0 Å². The summed E-state index contributed by atoms with van der Waals surface area (Å²) in [7, 11) is 0. The second-order valence-corrected chi connectivity index (χ2v) is 0. The Morgan fingerprint density at radius 2 is 1.00 bits per heavy atom. The molecule has 0 heterocycles. The summed E-state index contributed by atoms with van der Waals surface area (Å²) in [6.07, 6.45) is 0. The first kappa shape index (κ1) is 46.8. The van der Waals surface area contributed by atoms with Crippen molar-refractivity contribution in [2.45, 2.75) is 0 Å². The van der Waals surface area contributed by atoms with Crippen LogP contribution in [0.4, 0.5) is 0 Å². The third-order valence-electron chi connectivity index (χ3n) is 0. The van der Waals surface area contributed by atoms with E-state index in [1.165, 1.54) is 0 Å². The quantitative estimate of drug-likeness (QED) is 0.417. The van der Waals surface area contributed by atoms with Crippen molar-refractivity contribution in [3.8, 4) is 0 Å². The van der Waals surface area contributed by atoms with Gasteiger partial charge in [0.1, 0.15) is 0 Å². The summed E-state index contributed by atoms with van der Waals surface area (Å²) in [5.41, 5.74) is 0. The number of rotatable bonds is 0. The van der Waals surface area contributed by atoms with E-state index in [4.69, 9.17) is 0 Å². The van der Waals surface area contributed by atoms with Crippen LogP contribution in [0.3, 0.4) is 0 Å². The first-order chi connectivity index (χ1) is 0. The van der Waals surface area contributed by atoms with Crippen LogP contribution in [0.2, 0.25) is 0 Å². The first-order valence-electron chi connectivity index (χ1n) is 0. The zero-order valence-electron chi connectivity index (χ0n) is 1.03. The molecule has 0 aromatic carbocycles. The predicted octanol–water partition coefficient (Wildman–Crippen LogP) is -1.19. The van der Waals surface area contributed by atoms with E-state index in [0.29, 0.717) is 0 Å².